The number of aliphatic hydroxyl groups excluding tert-OH is 1. The topological polar surface area (TPSA) is 59.3 Å². The van der Waals surface area contributed by atoms with Gasteiger partial charge in [-0.25, -0.2) is 4.68 Å². The lowest BCUT2D eigenvalue weighted by atomic mass is 10.1. The van der Waals surface area contributed by atoms with Crippen LogP contribution in [0.1, 0.15) is 29.8 Å². The van der Waals surface area contributed by atoms with Crippen molar-refractivity contribution in [3.8, 4) is 11.4 Å². The van der Waals surface area contributed by atoms with Crippen LogP contribution in [0.3, 0.4) is 0 Å². The number of rotatable bonds is 8. The number of benzene rings is 3. The van der Waals surface area contributed by atoms with Crippen LogP contribution < -0.4 is 10.1 Å². The van der Waals surface area contributed by atoms with Gasteiger partial charge < -0.3 is 15.2 Å². The molecule has 0 saturated carbocycles. The summed E-state index contributed by atoms with van der Waals surface area (Å²) in [4.78, 5) is 0. The molecule has 0 saturated heterocycles. The first-order valence-corrected chi connectivity index (χ1v) is 10.3. The second kappa shape index (κ2) is 9.11. The third-order valence-electron chi connectivity index (χ3n) is 5.40. The fourth-order valence-electron chi connectivity index (χ4n) is 3.73. The number of nitrogens with one attached hydrogen (secondary N) is 1. The molecule has 0 unspecified atom stereocenters. The smallest absolute Gasteiger partial charge is 0.119 e. The van der Waals surface area contributed by atoms with Crippen LogP contribution in [0.15, 0.2) is 72.9 Å². The standard InChI is InChI=1S/C25H27N3O2/c1-18(26-16-20-10-12-22(13-11-20)30-15-14-29)24-17-27-28(19(24)2)25-9-5-7-21-6-3-4-8-23(21)25/h3-13,17-18,26,29H,14-16H2,1-2H3/t18-/m1/s1. The van der Waals surface area contributed by atoms with E-state index in [1.807, 2.05) is 35.1 Å². The summed E-state index contributed by atoms with van der Waals surface area (Å²) in [6.45, 7) is 5.37. The van der Waals surface area contributed by atoms with Gasteiger partial charge in [0, 0.05) is 29.2 Å². The molecule has 0 aliphatic carbocycles. The van der Waals surface area contributed by atoms with Crippen LogP contribution in [0, 0.1) is 6.92 Å². The zero-order chi connectivity index (χ0) is 20.9. The highest BCUT2D eigenvalue weighted by atomic mass is 16.5. The highest BCUT2D eigenvalue weighted by Crippen LogP contribution is 2.26. The molecule has 4 aromatic rings. The first kappa shape index (κ1) is 20.1. The van der Waals surface area contributed by atoms with E-state index < -0.39 is 0 Å². The van der Waals surface area contributed by atoms with Crippen molar-refractivity contribution in [1.82, 2.24) is 15.1 Å². The number of hydrogen-bond acceptors (Lipinski definition) is 4. The molecule has 0 aliphatic rings. The van der Waals surface area contributed by atoms with Crippen LogP contribution in [0.5, 0.6) is 5.75 Å². The Balaban J connectivity index is 1.48. The molecular formula is C25H27N3O2. The molecule has 5 heteroatoms. The molecule has 1 atom stereocenters. The van der Waals surface area contributed by atoms with Gasteiger partial charge in [0.15, 0.2) is 0 Å². The van der Waals surface area contributed by atoms with E-state index in [0.717, 1.165) is 23.7 Å². The van der Waals surface area contributed by atoms with Gasteiger partial charge in [0.05, 0.1) is 18.5 Å². The Morgan fingerprint density at radius 3 is 2.60 bits per heavy atom. The van der Waals surface area contributed by atoms with Gasteiger partial charge in [-0.15, -0.1) is 0 Å². The largest absolute Gasteiger partial charge is 0.491 e. The highest BCUT2D eigenvalue weighted by molar-refractivity contribution is 5.90. The molecular weight excluding hydrogens is 374 g/mol. The lowest BCUT2D eigenvalue weighted by Gasteiger charge is -2.15. The van der Waals surface area contributed by atoms with Crippen molar-refractivity contribution < 1.29 is 9.84 Å². The SMILES string of the molecule is Cc1c([C@@H](C)NCc2ccc(OCCO)cc2)cnn1-c1cccc2ccccc12. The first-order valence-electron chi connectivity index (χ1n) is 10.3. The molecule has 5 nitrogen and oxygen atoms in total. The zero-order valence-electron chi connectivity index (χ0n) is 17.4. The zero-order valence-corrected chi connectivity index (χ0v) is 17.4. The van der Waals surface area contributed by atoms with Gasteiger partial charge in [0.1, 0.15) is 12.4 Å². The lowest BCUT2D eigenvalue weighted by molar-refractivity contribution is 0.201. The maximum absolute atomic E-state index is 8.84. The summed E-state index contributed by atoms with van der Waals surface area (Å²) in [5.74, 6) is 0.771. The number of fused-ring (bicyclic) bond motifs is 1. The Bertz CT molecular complexity index is 1110. The van der Waals surface area contributed by atoms with E-state index in [4.69, 9.17) is 14.9 Å². The average Bonchev–Trinajstić information content (AvgIpc) is 3.17. The van der Waals surface area contributed by atoms with E-state index in [0.29, 0.717) is 6.61 Å². The molecule has 4 rings (SSSR count). The second-order valence-corrected chi connectivity index (χ2v) is 7.41. The van der Waals surface area contributed by atoms with Gasteiger partial charge in [-0.05, 0) is 43.0 Å². The molecule has 0 aliphatic heterocycles. The van der Waals surface area contributed by atoms with Gasteiger partial charge in [0.2, 0.25) is 0 Å². The molecule has 2 N–H and O–H groups in total. The van der Waals surface area contributed by atoms with Gasteiger partial charge in [-0.1, -0.05) is 48.5 Å². The second-order valence-electron chi connectivity index (χ2n) is 7.41. The van der Waals surface area contributed by atoms with Gasteiger partial charge >= 0.3 is 0 Å². The summed E-state index contributed by atoms with van der Waals surface area (Å²) in [7, 11) is 0. The van der Waals surface area contributed by atoms with Crippen LogP contribution in [-0.2, 0) is 6.54 Å². The van der Waals surface area contributed by atoms with E-state index in [-0.39, 0.29) is 12.6 Å². The van der Waals surface area contributed by atoms with Gasteiger partial charge in [0.25, 0.3) is 0 Å². The van der Waals surface area contributed by atoms with E-state index >= 15 is 0 Å². The van der Waals surface area contributed by atoms with Crippen LogP contribution in [-0.4, -0.2) is 28.1 Å². The molecule has 1 heterocycles. The first-order chi connectivity index (χ1) is 14.7. The van der Waals surface area contributed by atoms with Crippen molar-refractivity contribution in [2.75, 3.05) is 13.2 Å². The third-order valence-corrected chi connectivity index (χ3v) is 5.40. The summed E-state index contributed by atoms with van der Waals surface area (Å²) in [6, 6.07) is 22.8. The monoisotopic (exact) mass is 401 g/mol. The summed E-state index contributed by atoms with van der Waals surface area (Å²) in [5.41, 5.74) is 4.60. The van der Waals surface area contributed by atoms with E-state index in [1.165, 1.54) is 21.9 Å². The molecule has 30 heavy (non-hydrogen) atoms. The average molecular weight is 402 g/mol. The third kappa shape index (κ3) is 4.22. The van der Waals surface area contributed by atoms with Crippen molar-refractivity contribution >= 4 is 10.8 Å². The van der Waals surface area contributed by atoms with Crippen LogP contribution in [0.25, 0.3) is 16.5 Å². The lowest BCUT2D eigenvalue weighted by Crippen LogP contribution is -2.18. The van der Waals surface area contributed by atoms with Gasteiger partial charge in [-0.3, -0.25) is 0 Å². The predicted molar refractivity (Wildman–Crippen MR) is 120 cm³/mol. The predicted octanol–water partition coefficient (Wildman–Crippen LogP) is 4.56. The Kier molecular flexibility index (Phi) is 6.12. The maximum Gasteiger partial charge on any atom is 0.119 e. The normalized spacial score (nSPS) is 12.2. The number of nitrogens with zero attached hydrogens (tertiary/aromatic N) is 2. The number of ether oxygens (including phenoxy) is 1. The molecule has 0 amide bonds. The van der Waals surface area contributed by atoms with Crippen molar-refractivity contribution in [2.24, 2.45) is 0 Å². The summed E-state index contributed by atoms with van der Waals surface area (Å²) >= 11 is 0. The number of aromatic nitrogens is 2. The Morgan fingerprint density at radius 2 is 1.80 bits per heavy atom. The Hall–Kier alpha value is -3.15. The minimum absolute atomic E-state index is 0.0205. The molecule has 0 bridgehead atoms. The summed E-state index contributed by atoms with van der Waals surface area (Å²) < 4.78 is 7.45. The van der Waals surface area contributed by atoms with E-state index in [1.54, 1.807) is 0 Å². The van der Waals surface area contributed by atoms with Crippen LogP contribution in [0.2, 0.25) is 0 Å². The van der Waals surface area contributed by atoms with Crippen molar-refractivity contribution in [1.29, 1.82) is 0 Å². The van der Waals surface area contributed by atoms with Crippen LogP contribution in [0.4, 0.5) is 0 Å². The van der Waals surface area contributed by atoms with E-state index in [9.17, 15) is 0 Å². The molecule has 154 valence electrons. The maximum atomic E-state index is 8.84. The molecule has 1 aromatic heterocycles. The Labute approximate surface area is 176 Å². The minimum Gasteiger partial charge on any atom is -0.491 e. The fraction of sp³-hybridized carbons (Fsp3) is 0.240. The summed E-state index contributed by atoms with van der Waals surface area (Å²) in [6.07, 6.45) is 1.96. The highest BCUT2D eigenvalue weighted by Gasteiger charge is 2.15. The Morgan fingerprint density at radius 1 is 1.03 bits per heavy atom. The van der Waals surface area contributed by atoms with Crippen LogP contribution >= 0.6 is 0 Å². The molecule has 0 fully saturated rings. The number of aliphatic hydroxyl groups is 1. The number of hydrogen-bond donors (Lipinski definition) is 2. The molecule has 0 radical (unpaired) electrons. The minimum atomic E-state index is 0.0205. The molecule has 3 aromatic carbocycles. The van der Waals surface area contributed by atoms with E-state index in [2.05, 4.69) is 61.6 Å². The van der Waals surface area contributed by atoms with Crippen molar-refractivity contribution in [3.05, 3.63) is 89.7 Å². The van der Waals surface area contributed by atoms with Crippen molar-refractivity contribution in [3.63, 3.8) is 0 Å². The molecule has 0 spiro atoms. The fourth-order valence-corrected chi connectivity index (χ4v) is 3.73. The summed E-state index contributed by atoms with van der Waals surface area (Å²) in [5, 5.41) is 19.5. The van der Waals surface area contributed by atoms with Gasteiger partial charge in [-0.2, -0.15) is 5.10 Å². The van der Waals surface area contributed by atoms with Crippen molar-refractivity contribution in [2.45, 2.75) is 26.4 Å². The quantitative estimate of drug-likeness (QED) is 0.455.